The number of hydrogen-bond acceptors (Lipinski definition) is 1. The Morgan fingerprint density at radius 2 is 0.921 bits per heavy atom. The van der Waals surface area contributed by atoms with E-state index >= 15 is 0 Å². The average Bonchev–Trinajstić information content (AvgIpc) is 3.41. The second kappa shape index (κ2) is 10.1. The van der Waals surface area contributed by atoms with Gasteiger partial charge in [-0.15, -0.1) is 0 Å². The Balaban J connectivity index is 1.23. The third-order valence-electron chi connectivity index (χ3n) is 7.51. The molecule has 0 saturated carbocycles. The number of para-hydroxylation sites is 6. The van der Waals surface area contributed by atoms with E-state index in [-0.39, 0.29) is 5.78 Å². The van der Waals surface area contributed by atoms with Crippen LogP contribution < -0.4 is 9.13 Å². The van der Waals surface area contributed by atoms with Crippen molar-refractivity contribution in [3.8, 4) is 11.4 Å². The average molecular weight is 501 g/mol. The number of fused-ring (bicyclic) bond motifs is 2. The van der Waals surface area contributed by atoms with Gasteiger partial charge in [0.1, 0.15) is 17.2 Å². The second-order valence-corrected chi connectivity index (χ2v) is 9.76. The molecule has 6 rings (SSSR count). The van der Waals surface area contributed by atoms with Crippen LogP contribution in [0.5, 0.6) is 0 Å². The van der Waals surface area contributed by atoms with Gasteiger partial charge in [0.05, 0.1) is 13.1 Å². The van der Waals surface area contributed by atoms with Gasteiger partial charge in [-0.3, -0.25) is 4.79 Å². The molecule has 2 heterocycles. The number of Topliss-reactive ketones (excluding diaryl/α,β-unsaturated/α-hetero) is 1. The third kappa shape index (κ3) is 4.20. The molecule has 188 valence electrons. The first-order chi connectivity index (χ1) is 18.6. The molecule has 0 saturated heterocycles. The highest BCUT2D eigenvalue weighted by Gasteiger charge is 2.25. The van der Waals surface area contributed by atoms with Crippen molar-refractivity contribution in [2.45, 2.75) is 39.8 Å². The van der Waals surface area contributed by atoms with Crippen molar-refractivity contribution in [1.29, 1.82) is 0 Å². The van der Waals surface area contributed by atoms with E-state index in [1.165, 1.54) is 0 Å². The summed E-state index contributed by atoms with van der Waals surface area (Å²) in [6.45, 7) is 5.60. The zero-order valence-electron chi connectivity index (χ0n) is 21.9. The third-order valence-corrected chi connectivity index (χ3v) is 7.51. The number of aryl methyl sites for hydroxylation is 2. The maximum absolute atomic E-state index is 13.2. The molecule has 0 unspecified atom stereocenters. The minimum atomic E-state index is 0.275. The van der Waals surface area contributed by atoms with Crippen LogP contribution in [0.1, 0.15) is 24.5 Å². The van der Waals surface area contributed by atoms with Gasteiger partial charge in [0.15, 0.2) is 22.1 Å². The van der Waals surface area contributed by atoms with Gasteiger partial charge in [0.2, 0.25) is 0 Å². The first kappa shape index (κ1) is 23.9. The van der Waals surface area contributed by atoms with Gasteiger partial charge >= 0.3 is 0 Å². The van der Waals surface area contributed by atoms with Gasteiger partial charge in [-0.2, -0.15) is 9.13 Å². The predicted molar refractivity (Wildman–Crippen MR) is 151 cm³/mol. The molecule has 6 aromatic rings. The number of rotatable bonds is 8. The molecule has 2 aromatic heterocycles. The Morgan fingerprint density at radius 3 is 1.34 bits per heavy atom. The minimum absolute atomic E-state index is 0.275. The standard InChI is InChI=1S/C33H32N4O/c1-25-34(30-17-9-11-19-32(30)36(25)27-13-5-3-6-14-27)23-21-29(38)22-24-35-26(2)37(28-15-7-4-8-16-28)33-20-12-10-18-31(33)35/h3-20H,21-24H2,1-2H3/q+2. The van der Waals surface area contributed by atoms with Crippen molar-refractivity contribution < 1.29 is 13.9 Å². The summed E-state index contributed by atoms with van der Waals surface area (Å²) in [6.07, 6.45) is 1.01. The topological polar surface area (TPSA) is 34.7 Å². The maximum Gasteiger partial charge on any atom is 0.259 e. The smallest absolute Gasteiger partial charge is 0.259 e. The molecule has 0 radical (unpaired) electrons. The van der Waals surface area contributed by atoms with Crippen LogP contribution in [0, 0.1) is 13.8 Å². The normalized spacial score (nSPS) is 11.4. The second-order valence-electron chi connectivity index (χ2n) is 9.76. The van der Waals surface area contributed by atoms with Crippen molar-refractivity contribution in [2.24, 2.45) is 0 Å². The SMILES string of the molecule is Cc1n(-c2ccccc2)c2ccccc2[n+]1CCC(=O)CC[n+]1c(C)n(-c2ccccc2)c2ccccc21. The number of imidazole rings is 2. The summed E-state index contributed by atoms with van der Waals surface area (Å²) >= 11 is 0. The van der Waals surface area contributed by atoms with Crippen LogP contribution in [0.15, 0.2) is 109 Å². The van der Waals surface area contributed by atoms with Crippen LogP contribution in [-0.2, 0) is 17.9 Å². The molecule has 0 N–H and O–H groups in total. The predicted octanol–water partition coefficient (Wildman–Crippen LogP) is 5.82. The van der Waals surface area contributed by atoms with Crippen LogP contribution in [0.4, 0.5) is 0 Å². The van der Waals surface area contributed by atoms with Crippen LogP contribution in [-0.4, -0.2) is 14.9 Å². The highest BCUT2D eigenvalue weighted by atomic mass is 16.1. The number of nitrogens with zero attached hydrogens (tertiary/aromatic N) is 4. The molecule has 4 aromatic carbocycles. The van der Waals surface area contributed by atoms with E-state index in [1.807, 2.05) is 12.1 Å². The number of hydrogen-bond donors (Lipinski definition) is 0. The summed E-state index contributed by atoms with van der Waals surface area (Å²) in [6, 6.07) is 37.7. The first-order valence-electron chi connectivity index (χ1n) is 13.3. The van der Waals surface area contributed by atoms with E-state index in [0.29, 0.717) is 25.9 Å². The highest BCUT2D eigenvalue weighted by molar-refractivity contribution is 5.79. The van der Waals surface area contributed by atoms with Gasteiger partial charge < -0.3 is 0 Å². The van der Waals surface area contributed by atoms with Crippen molar-refractivity contribution in [3.05, 3.63) is 121 Å². The lowest BCUT2D eigenvalue weighted by Gasteiger charge is -2.03. The molecule has 5 nitrogen and oxygen atoms in total. The zero-order valence-corrected chi connectivity index (χ0v) is 21.9. The van der Waals surface area contributed by atoms with Crippen molar-refractivity contribution in [2.75, 3.05) is 0 Å². The summed E-state index contributed by atoms with van der Waals surface area (Å²) in [4.78, 5) is 13.2. The van der Waals surface area contributed by atoms with Crippen LogP contribution >= 0.6 is 0 Å². The summed E-state index contributed by atoms with van der Waals surface area (Å²) in [5.74, 6) is 2.53. The zero-order chi connectivity index (χ0) is 26.1. The first-order valence-corrected chi connectivity index (χ1v) is 13.3. The molecule has 0 fully saturated rings. The van der Waals surface area contributed by atoms with E-state index in [0.717, 1.165) is 45.1 Å². The fourth-order valence-electron chi connectivity index (χ4n) is 5.67. The molecule has 0 aliphatic carbocycles. The summed E-state index contributed by atoms with van der Waals surface area (Å²) in [5, 5.41) is 0. The largest absolute Gasteiger partial charge is 0.299 e. The number of carbonyl (C=O) groups is 1. The van der Waals surface area contributed by atoms with E-state index in [9.17, 15) is 4.79 Å². The van der Waals surface area contributed by atoms with Gasteiger partial charge in [-0.25, -0.2) is 9.13 Å². The molecule has 38 heavy (non-hydrogen) atoms. The van der Waals surface area contributed by atoms with Crippen molar-refractivity contribution in [1.82, 2.24) is 9.13 Å². The van der Waals surface area contributed by atoms with Gasteiger partial charge in [-0.1, -0.05) is 60.7 Å². The Bertz CT molecular complexity index is 1620. The number of benzene rings is 4. The fraction of sp³-hybridized carbons (Fsp3) is 0.182. The Kier molecular flexibility index (Phi) is 6.34. The van der Waals surface area contributed by atoms with Crippen molar-refractivity contribution in [3.63, 3.8) is 0 Å². The van der Waals surface area contributed by atoms with Gasteiger partial charge in [-0.05, 0) is 48.5 Å². The fourth-order valence-corrected chi connectivity index (χ4v) is 5.67. The molecule has 0 bridgehead atoms. The molecule has 0 aliphatic heterocycles. The van der Waals surface area contributed by atoms with Crippen molar-refractivity contribution >= 4 is 27.9 Å². The number of ketones is 1. The van der Waals surface area contributed by atoms with Crippen LogP contribution in [0.3, 0.4) is 0 Å². The Morgan fingerprint density at radius 1 is 0.553 bits per heavy atom. The lowest BCUT2D eigenvalue weighted by atomic mass is 10.2. The lowest BCUT2D eigenvalue weighted by Crippen LogP contribution is -2.39. The number of aromatic nitrogens is 4. The van der Waals surface area contributed by atoms with E-state index in [2.05, 4.69) is 129 Å². The summed E-state index contributed by atoms with van der Waals surface area (Å²) in [7, 11) is 0. The monoisotopic (exact) mass is 500 g/mol. The molecule has 0 aliphatic rings. The quantitative estimate of drug-likeness (QED) is 0.243. The van der Waals surface area contributed by atoms with Gasteiger partial charge in [0, 0.05) is 26.7 Å². The Labute approximate surface area is 222 Å². The van der Waals surface area contributed by atoms with E-state index in [1.54, 1.807) is 0 Å². The van der Waals surface area contributed by atoms with Gasteiger partial charge in [0.25, 0.3) is 11.6 Å². The summed E-state index contributed by atoms with van der Waals surface area (Å²) in [5.41, 5.74) is 6.88. The molecule has 0 amide bonds. The number of carbonyl (C=O) groups excluding carboxylic acids is 1. The lowest BCUT2D eigenvalue weighted by molar-refractivity contribution is -0.678. The molecule has 0 atom stereocenters. The highest BCUT2D eigenvalue weighted by Crippen LogP contribution is 2.21. The van der Waals surface area contributed by atoms with Crippen LogP contribution in [0.25, 0.3) is 33.4 Å². The van der Waals surface area contributed by atoms with E-state index < -0.39 is 0 Å². The minimum Gasteiger partial charge on any atom is -0.299 e. The molecule has 5 heteroatoms. The maximum atomic E-state index is 13.2. The molecular weight excluding hydrogens is 468 g/mol. The molecular formula is C33H32N4O+2. The van der Waals surface area contributed by atoms with E-state index in [4.69, 9.17) is 0 Å². The molecule has 0 spiro atoms. The van der Waals surface area contributed by atoms with Crippen LogP contribution in [0.2, 0.25) is 0 Å². The summed E-state index contributed by atoms with van der Waals surface area (Å²) < 4.78 is 9.11. The Hall–Kier alpha value is -4.51.